The summed E-state index contributed by atoms with van der Waals surface area (Å²) in [4.78, 5) is 11.9. The molecule has 0 spiro atoms. The van der Waals surface area contributed by atoms with Crippen LogP contribution >= 0.6 is 0 Å². The van der Waals surface area contributed by atoms with Gasteiger partial charge in [0.05, 0.1) is 12.2 Å². The van der Waals surface area contributed by atoms with Crippen LogP contribution in [0.4, 0.5) is 13.2 Å². The van der Waals surface area contributed by atoms with Crippen molar-refractivity contribution >= 4 is 0 Å². The predicted molar refractivity (Wildman–Crippen MR) is 85.2 cm³/mol. The van der Waals surface area contributed by atoms with Crippen molar-refractivity contribution in [2.24, 2.45) is 0 Å². The van der Waals surface area contributed by atoms with E-state index in [-0.39, 0.29) is 16.8 Å². The molecule has 128 valence electrons. The second-order valence-electron chi connectivity index (χ2n) is 5.40. The first-order valence-corrected chi connectivity index (χ1v) is 7.42. The van der Waals surface area contributed by atoms with Crippen LogP contribution in [-0.2, 0) is 6.54 Å². The van der Waals surface area contributed by atoms with E-state index < -0.39 is 35.7 Å². The van der Waals surface area contributed by atoms with Gasteiger partial charge in [0.1, 0.15) is 23.6 Å². The molecule has 1 N–H and O–H groups in total. The van der Waals surface area contributed by atoms with Crippen LogP contribution in [-0.4, -0.2) is 14.9 Å². The molecule has 0 bridgehead atoms. The third-order valence-electron chi connectivity index (χ3n) is 3.68. The molecular formula is C18H13F3N2O2. The minimum Gasteiger partial charge on any atom is -0.386 e. The molecule has 0 aliphatic carbocycles. The Morgan fingerprint density at radius 1 is 1.00 bits per heavy atom. The number of benzene rings is 2. The number of hydrogen-bond acceptors (Lipinski definition) is 3. The van der Waals surface area contributed by atoms with Crippen molar-refractivity contribution in [3.63, 3.8) is 0 Å². The summed E-state index contributed by atoms with van der Waals surface area (Å²) in [5.41, 5.74) is -0.478. The zero-order chi connectivity index (χ0) is 18.0. The van der Waals surface area contributed by atoms with Gasteiger partial charge in [-0.15, -0.1) is 0 Å². The summed E-state index contributed by atoms with van der Waals surface area (Å²) in [5, 5.41) is 14.1. The second kappa shape index (κ2) is 6.90. The van der Waals surface area contributed by atoms with Crippen molar-refractivity contribution in [3.8, 4) is 11.3 Å². The molecule has 0 aliphatic rings. The minimum absolute atomic E-state index is 0.183. The fraction of sp³-hybridized carbons (Fsp3) is 0.111. The van der Waals surface area contributed by atoms with Gasteiger partial charge in [-0.2, -0.15) is 5.10 Å². The van der Waals surface area contributed by atoms with Gasteiger partial charge in [-0.05, 0) is 36.4 Å². The van der Waals surface area contributed by atoms with Crippen molar-refractivity contribution < 1.29 is 18.3 Å². The Kier molecular flexibility index (Phi) is 4.67. The number of aromatic nitrogens is 2. The Hall–Kier alpha value is -2.93. The summed E-state index contributed by atoms with van der Waals surface area (Å²) in [5.74, 6) is -2.03. The molecule has 3 rings (SSSR count). The molecule has 0 fully saturated rings. The Morgan fingerprint density at radius 3 is 2.52 bits per heavy atom. The van der Waals surface area contributed by atoms with E-state index in [1.807, 2.05) is 0 Å². The Morgan fingerprint density at radius 2 is 1.76 bits per heavy atom. The molecule has 1 heterocycles. The number of hydrogen-bond donors (Lipinski definition) is 1. The highest BCUT2D eigenvalue weighted by atomic mass is 19.1. The van der Waals surface area contributed by atoms with Crippen LogP contribution in [0, 0.1) is 17.5 Å². The van der Waals surface area contributed by atoms with Crippen LogP contribution < -0.4 is 5.56 Å². The average Bonchev–Trinajstić information content (AvgIpc) is 2.59. The van der Waals surface area contributed by atoms with Crippen LogP contribution in [0.25, 0.3) is 11.3 Å². The lowest BCUT2D eigenvalue weighted by Gasteiger charge is -2.14. The first kappa shape index (κ1) is 16.9. The smallest absolute Gasteiger partial charge is 0.266 e. The first-order chi connectivity index (χ1) is 12.0. The molecule has 4 nitrogen and oxygen atoms in total. The van der Waals surface area contributed by atoms with Crippen molar-refractivity contribution in [2.45, 2.75) is 12.6 Å². The van der Waals surface area contributed by atoms with E-state index >= 15 is 0 Å². The fourth-order valence-corrected chi connectivity index (χ4v) is 2.42. The van der Waals surface area contributed by atoms with Gasteiger partial charge in [-0.1, -0.05) is 12.1 Å². The summed E-state index contributed by atoms with van der Waals surface area (Å²) in [7, 11) is 0. The standard InChI is InChI=1S/C18H13F3N2O2/c19-11-5-6-15(21)13(9-11)17(24)10-23-18(25)8-7-16(22-23)12-3-1-2-4-14(12)20/h1-9,17,24H,10H2. The van der Waals surface area contributed by atoms with E-state index in [2.05, 4.69) is 5.10 Å². The molecule has 3 aromatic rings. The van der Waals surface area contributed by atoms with Gasteiger partial charge in [-0.25, -0.2) is 17.9 Å². The van der Waals surface area contributed by atoms with E-state index in [1.54, 1.807) is 6.07 Å². The Labute approximate surface area is 140 Å². The molecular weight excluding hydrogens is 333 g/mol. The number of rotatable bonds is 4. The highest BCUT2D eigenvalue weighted by Crippen LogP contribution is 2.21. The van der Waals surface area contributed by atoms with E-state index in [4.69, 9.17) is 0 Å². The number of aliphatic hydroxyl groups excluding tert-OH is 1. The molecule has 1 aromatic heterocycles. The predicted octanol–water partition coefficient (Wildman–Crippen LogP) is 3.06. The van der Waals surface area contributed by atoms with E-state index in [1.165, 1.54) is 30.3 Å². The number of aliphatic hydroxyl groups is 1. The lowest BCUT2D eigenvalue weighted by atomic mass is 10.1. The molecule has 0 radical (unpaired) electrons. The summed E-state index contributed by atoms with van der Waals surface area (Å²) in [6, 6.07) is 11.1. The monoisotopic (exact) mass is 346 g/mol. The zero-order valence-corrected chi connectivity index (χ0v) is 12.9. The molecule has 0 amide bonds. The first-order valence-electron chi connectivity index (χ1n) is 7.42. The minimum atomic E-state index is -1.49. The molecule has 1 unspecified atom stereocenters. The van der Waals surface area contributed by atoms with Gasteiger partial charge in [0, 0.05) is 17.2 Å². The van der Waals surface area contributed by atoms with Crippen LogP contribution in [0.1, 0.15) is 11.7 Å². The number of halogens is 3. The van der Waals surface area contributed by atoms with Crippen LogP contribution in [0.5, 0.6) is 0 Å². The number of nitrogens with zero attached hydrogens (tertiary/aromatic N) is 2. The molecule has 0 saturated heterocycles. The van der Waals surface area contributed by atoms with Gasteiger partial charge in [0.2, 0.25) is 0 Å². The highest BCUT2D eigenvalue weighted by Gasteiger charge is 2.16. The average molecular weight is 346 g/mol. The van der Waals surface area contributed by atoms with Gasteiger partial charge in [-0.3, -0.25) is 4.79 Å². The van der Waals surface area contributed by atoms with Crippen LogP contribution in [0.2, 0.25) is 0 Å². The van der Waals surface area contributed by atoms with Gasteiger partial charge in [0.25, 0.3) is 5.56 Å². The maximum absolute atomic E-state index is 13.9. The summed E-state index contributed by atoms with van der Waals surface area (Å²) in [6.07, 6.45) is -1.49. The van der Waals surface area contributed by atoms with Crippen LogP contribution in [0.15, 0.2) is 59.4 Å². The molecule has 25 heavy (non-hydrogen) atoms. The van der Waals surface area contributed by atoms with Crippen molar-refractivity contribution in [1.29, 1.82) is 0 Å². The van der Waals surface area contributed by atoms with E-state index in [0.29, 0.717) is 0 Å². The molecule has 0 aliphatic heterocycles. The maximum Gasteiger partial charge on any atom is 0.266 e. The maximum atomic E-state index is 13.9. The lowest BCUT2D eigenvalue weighted by molar-refractivity contribution is 0.144. The van der Waals surface area contributed by atoms with Crippen molar-refractivity contribution in [2.75, 3.05) is 0 Å². The van der Waals surface area contributed by atoms with E-state index in [0.717, 1.165) is 22.9 Å². The quantitative estimate of drug-likeness (QED) is 0.790. The molecule has 2 aromatic carbocycles. The van der Waals surface area contributed by atoms with Crippen LogP contribution in [0.3, 0.4) is 0 Å². The summed E-state index contributed by atoms with van der Waals surface area (Å²) >= 11 is 0. The van der Waals surface area contributed by atoms with Gasteiger partial charge >= 0.3 is 0 Å². The van der Waals surface area contributed by atoms with Crippen molar-refractivity contribution in [1.82, 2.24) is 9.78 Å². The van der Waals surface area contributed by atoms with E-state index in [9.17, 15) is 23.1 Å². The topological polar surface area (TPSA) is 55.1 Å². The summed E-state index contributed by atoms with van der Waals surface area (Å²) in [6.45, 7) is -0.401. The SMILES string of the molecule is O=c1ccc(-c2ccccc2F)nn1CC(O)c1cc(F)ccc1F. The Balaban J connectivity index is 1.95. The zero-order valence-electron chi connectivity index (χ0n) is 12.9. The normalized spacial score (nSPS) is 12.2. The van der Waals surface area contributed by atoms with Gasteiger partial charge < -0.3 is 5.11 Å². The second-order valence-corrected chi connectivity index (χ2v) is 5.40. The lowest BCUT2D eigenvalue weighted by Crippen LogP contribution is -2.25. The molecule has 1 atom stereocenters. The molecule has 0 saturated carbocycles. The largest absolute Gasteiger partial charge is 0.386 e. The fourth-order valence-electron chi connectivity index (χ4n) is 2.42. The summed E-state index contributed by atoms with van der Waals surface area (Å²) < 4.78 is 41.7. The highest BCUT2D eigenvalue weighted by molar-refractivity contribution is 5.58. The Bertz CT molecular complexity index is 973. The van der Waals surface area contributed by atoms with Gasteiger partial charge in [0.15, 0.2) is 0 Å². The molecule has 7 heteroatoms. The van der Waals surface area contributed by atoms with Crippen molar-refractivity contribution in [3.05, 3.63) is 88.0 Å². The third kappa shape index (κ3) is 3.61. The third-order valence-corrected chi connectivity index (χ3v) is 3.68.